The molecule has 2 rings (SSSR count). The Bertz CT molecular complexity index is 744. The molecule has 22 heavy (non-hydrogen) atoms. The van der Waals surface area contributed by atoms with Crippen molar-refractivity contribution in [2.75, 3.05) is 0 Å². The maximum atomic E-state index is 11.7. The summed E-state index contributed by atoms with van der Waals surface area (Å²) < 4.78 is 0. The SMILES string of the molecule is O=C(N/N=C\c1ccc([N+](=O)[O-])c(O)c1)c1ccc(Cl)cc1. The van der Waals surface area contributed by atoms with Gasteiger partial charge in [-0.05, 0) is 42.0 Å². The summed E-state index contributed by atoms with van der Waals surface area (Å²) in [5, 5.41) is 24.3. The predicted molar refractivity (Wildman–Crippen MR) is 81.3 cm³/mol. The van der Waals surface area contributed by atoms with Gasteiger partial charge < -0.3 is 5.11 Å². The first-order valence-electron chi connectivity index (χ1n) is 6.04. The van der Waals surface area contributed by atoms with Gasteiger partial charge in [-0.25, -0.2) is 5.43 Å². The summed E-state index contributed by atoms with van der Waals surface area (Å²) in [5.41, 5.74) is 2.68. The van der Waals surface area contributed by atoms with Gasteiger partial charge in [0.05, 0.1) is 11.1 Å². The fraction of sp³-hybridized carbons (Fsp3) is 0. The Kier molecular flexibility index (Phi) is 4.70. The molecule has 0 atom stereocenters. The van der Waals surface area contributed by atoms with Crippen LogP contribution in [0.15, 0.2) is 47.6 Å². The summed E-state index contributed by atoms with van der Waals surface area (Å²) >= 11 is 5.72. The highest BCUT2D eigenvalue weighted by Crippen LogP contribution is 2.25. The van der Waals surface area contributed by atoms with Gasteiger partial charge in [0.15, 0.2) is 5.75 Å². The minimum absolute atomic E-state index is 0.382. The van der Waals surface area contributed by atoms with E-state index < -0.39 is 22.3 Å². The summed E-state index contributed by atoms with van der Waals surface area (Å²) in [4.78, 5) is 21.6. The van der Waals surface area contributed by atoms with Crippen LogP contribution in [0.2, 0.25) is 5.02 Å². The number of phenolic OH excluding ortho intramolecular Hbond substituents is 1. The highest BCUT2D eigenvalue weighted by Gasteiger charge is 2.12. The Labute approximate surface area is 130 Å². The van der Waals surface area contributed by atoms with E-state index in [4.69, 9.17) is 11.6 Å². The van der Waals surface area contributed by atoms with Crippen LogP contribution in [0.5, 0.6) is 5.75 Å². The van der Waals surface area contributed by atoms with Crippen molar-refractivity contribution < 1.29 is 14.8 Å². The average molecular weight is 320 g/mol. The number of nitrogens with one attached hydrogen (secondary N) is 1. The number of nitro groups is 1. The number of amides is 1. The molecular formula is C14H10ClN3O4. The molecule has 0 aliphatic carbocycles. The third kappa shape index (κ3) is 3.80. The van der Waals surface area contributed by atoms with Crippen molar-refractivity contribution in [2.24, 2.45) is 5.10 Å². The number of hydrogen-bond donors (Lipinski definition) is 2. The van der Waals surface area contributed by atoms with Crippen LogP contribution in [0.3, 0.4) is 0 Å². The second-order valence-corrected chi connectivity index (χ2v) is 4.65. The monoisotopic (exact) mass is 319 g/mol. The molecule has 0 fully saturated rings. The highest BCUT2D eigenvalue weighted by atomic mass is 35.5. The number of phenols is 1. The Balaban J connectivity index is 2.03. The molecular weight excluding hydrogens is 310 g/mol. The molecule has 0 heterocycles. The number of hydrazone groups is 1. The van der Waals surface area contributed by atoms with Crippen LogP contribution < -0.4 is 5.43 Å². The van der Waals surface area contributed by atoms with Crippen molar-refractivity contribution in [1.82, 2.24) is 5.43 Å². The van der Waals surface area contributed by atoms with Crippen molar-refractivity contribution in [3.8, 4) is 5.75 Å². The maximum Gasteiger partial charge on any atom is 0.310 e. The van der Waals surface area contributed by atoms with Crippen LogP contribution in [0.1, 0.15) is 15.9 Å². The second kappa shape index (κ2) is 6.68. The lowest BCUT2D eigenvalue weighted by molar-refractivity contribution is -0.385. The van der Waals surface area contributed by atoms with Gasteiger partial charge in [0.2, 0.25) is 0 Å². The van der Waals surface area contributed by atoms with Crippen molar-refractivity contribution in [3.63, 3.8) is 0 Å². The standard InChI is InChI=1S/C14H10ClN3O4/c15-11-4-2-10(3-5-11)14(20)17-16-8-9-1-6-12(18(21)22)13(19)7-9/h1-8,19H,(H,17,20)/b16-8-. The Morgan fingerprint density at radius 1 is 1.27 bits per heavy atom. The Morgan fingerprint density at radius 2 is 1.95 bits per heavy atom. The largest absolute Gasteiger partial charge is 0.502 e. The summed E-state index contributed by atoms with van der Waals surface area (Å²) in [7, 11) is 0. The molecule has 7 nitrogen and oxygen atoms in total. The van der Waals surface area contributed by atoms with Gasteiger partial charge in [-0.2, -0.15) is 5.10 Å². The highest BCUT2D eigenvalue weighted by molar-refractivity contribution is 6.30. The van der Waals surface area contributed by atoms with Crippen LogP contribution in [0, 0.1) is 10.1 Å². The quantitative estimate of drug-likeness (QED) is 0.513. The number of benzene rings is 2. The molecule has 0 saturated heterocycles. The van der Waals surface area contributed by atoms with Gasteiger partial charge in [-0.15, -0.1) is 0 Å². The van der Waals surface area contributed by atoms with E-state index >= 15 is 0 Å². The molecule has 0 bridgehead atoms. The molecule has 2 N–H and O–H groups in total. The van der Waals surface area contributed by atoms with E-state index in [1.807, 2.05) is 0 Å². The number of hydrogen-bond acceptors (Lipinski definition) is 5. The lowest BCUT2D eigenvalue weighted by atomic mass is 10.2. The van der Waals surface area contributed by atoms with Gasteiger partial charge in [-0.1, -0.05) is 11.6 Å². The van der Waals surface area contributed by atoms with Gasteiger partial charge in [0, 0.05) is 16.7 Å². The molecule has 0 radical (unpaired) electrons. The van der Waals surface area contributed by atoms with E-state index in [1.165, 1.54) is 18.3 Å². The normalized spacial score (nSPS) is 10.6. The molecule has 0 saturated carbocycles. The first-order chi connectivity index (χ1) is 10.5. The molecule has 0 spiro atoms. The number of rotatable bonds is 4. The number of aromatic hydroxyl groups is 1. The van der Waals surface area contributed by atoms with E-state index in [-0.39, 0.29) is 0 Å². The fourth-order valence-electron chi connectivity index (χ4n) is 1.61. The molecule has 1 amide bonds. The van der Waals surface area contributed by atoms with Crippen LogP contribution in [-0.2, 0) is 0 Å². The summed E-state index contributed by atoms with van der Waals surface area (Å²) in [6.07, 6.45) is 1.26. The Morgan fingerprint density at radius 3 is 2.55 bits per heavy atom. The average Bonchev–Trinajstić information content (AvgIpc) is 2.47. The first kappa shape index (κ1) is 15.5. The van der Waals surface area contributed by atoms with Crippen molar-refractivity contribution in [3.05, 3.63) is 68.7 Å². The van der Waals surface area contributed by atoms with Gasteiger partial charge >= 0.3 is 5.69 Å². The van der Waals surface area contributed by atoms with Crippen LogP contribution in [0.25, 0.3) is 0 Å². The molecule has 2 aromatic carbocycles. The lowest BCUT2D eigenvalue weighted by Gasteiger charge is -2.00. The third-order valence-corrected chi connectivity index (χ3v) is 2.93. The fourth-order valence-corrected chi connectivity index (χ4v) is 1.73. The topological polar surface area (TPSA) is 105 Å². The van der Waals surface area contributed by atoms with E-state index in [1.54, 1.807) is 24.3 Å². The molecule has 0 aromatic heterocycles. The maximum absolute atomic E-state index is 11.7. The molecule has 0 aliphatic heterocycles. The zero-order chi connectivity index (χ0) is 16.1. The first-order valence-corrected chi connectivity index (χ1v) is 6.41. The molecule has 0 unspecified atom stereocenters. The predicted octanol–water partition coefficient (Wildman–Crippen LogP) is 2.72. The lowest BCUT2D eigenvalue weighted by Crippen LogP contribution is -2.17. The van der Waals surface area contributed by atoms with E-state index in [0.29, 0.717) is 16.1 Å². The number of halogens is 1. The minimum atomic E-state index is -0.696. The summed E-state index contributed by atoms with van der Waals surface area (Å²) in [5.74, 6) is -0.906. The van der Waals surface area contributed by atoms with Gasteiger partial charge in [0.25, 0.3) is 5.91 Å². The molecule has 8 heteroatoms. The smallest absolute Gasteiger partial charge is 0.310 e. The Hall–Kier alpha value is -2.93. The van der Waals surface area contributed by atoms with E-state index in [0.717, 1.165) is 6.07 Å². The zero-order valence-corrected chi connectivity index (χ0v) is 11.8. The van der Waals surface area contributed by atoms with Gasteiger partial charge in [0.1, 0.15) is 0 Å². The summed E-state index contributed by atoms with van der Waals surface area (Å²) in [6, 6.07) is 9.97. The number of nitro benzene ring substituents is 1. The summed E-state index contributed by atoms with van der Waals surface area (Å²) in [6.45, 7) is 0. The van der Waals surface area contributed by atoms with Crippen LogP contribution in [-0.4, -0.2) is 22.2 Å². The minimum Gasteiger partial charge on any atom is -0.502 e. The van der Waals surface area contributed by atoms with Crippen molar-refractivity contribution in [1.29, 1.82) is 0 Å². The van der Waals surface area contributed by atoms with Crippen molar-refractivity contribution >= 4 is 29.4 Å². The van der Waals surface area contributed by atoms with E-state index in [2.05, 4.69) is 10.5 Å². The third-order valence-electron chi connectivity index (χ3n) is 2.68. The number of nitrogens with zero attached hydrogens (tertiary/aromatic N) is 2. The second-order valence-electron chi connectivity index (χ2n) is 4.21. The number of carbonyl (C=O) groups is 1. The molecule has 0 aliphatic rings. The van der Waals surface area contributed by atoms with Gasteiger partial charge in [-0.3, -0.25) is 14.9 Å². The van der Waals surface area contributed by atoms with Crippen molar-refractivity contribution in [2.45, 2.75) is 0 Å². The number of carbonyl (C=O) groups excluding carboxylic acids is 1. The van der Waals surface area contributed by atoms with Crippen LogP contribution >= 0.6 is 11.6 Å². The molecule has 2 aromatic rings. The van der Waals surface area contributed by atoms with Crippen LogP contribution in [0.4, 0.5) is 5.69 Å². The molecule has 112 valence electrons. The van der Waals surface area contributed by atoms with E-state index in [9.17, 15) is 20.0 Å². The zero-order valence-electron chi connectivity index (χ0n) is 11.1.